The Hall–Kier alpha value is -2.85. The second-order valence-electron chi connectivity index (χ2n) is 6.66. The van der Waals surface area contributed by atoms with E-state index in [1.54, 1.807) is 0 Å². The summed E-state index contributed by atoms with van der Waals surface area (Å²) in [7, 11) is -5.52. The van der Waals surface area contributed by atoms with Crippen LogP contribution >= 0.6 is 19.2 Å². The summed E-state index contributed by atoms with van der Waals surface area (Å²) in [6, 6.07) is 5.21. The molecule has 0 amide bonds. The van der Waals surface area contributed by atoms with E-state index in [2.05, 4.69) is 13.2 Å². The molecule has 0 aliphatic rings. The van der Waals surface area contributed by atoms with Crippen molar-refractivity contribution < 1.29 is 41.9 Å². The number of hydrogen-bond donors (Lipinski definition) is 0. The molecule has 13 heteroatoms. The highest BCUT2D eigenvalue weighted by atomic mass is 35.5. The maximum absolute atomic E-state index is 12.8. The van der Waals surface area contributed by atoms with Crippen LogP contribution in [0.5, 0.6) is 17.2 Å². The summed E-state index contributed by atoms with van der Waals surface area (Å²) >= 11 is 5.85. The van der Waals surface area contributed by atoms with Gasteiger partial charge in [0.1, 0.15) is 16.8 Å². The van der Waals surface area contributed by atoms with Crippen LogP contribution in [0.4, 0.5) is 18.9 Å². The Bertz CT molecular complexity index is 1110. The number of nitrogens with zero attached hydrogens (tertiary/aromatic N) is 1. The van der Waals surface area contributed by atoms with Gasteiger partial charge >= 0.3 is 11.9 Å². The highest BCUT2D eigenvalue weighted by Crippen LogP contribution is 2.51. The van der Waals surface area contributed by atoms with Gasteiger partial charge in [0.05, 0.1) is 15.5 Å². The fraction of sp³-hybridized carbons (Fsp3) is 0.200. The molecule has 0 N–H and O–H groups in total. The highest BCUT2D eigenvalue weighted by molar-refractivity contribution is 7.50. The SMILES string of the molecule is C=CCC(CC=C)(Oc1cc(Oc2ccc(C(F)(F)F)cc2Cl)ccc1[N+](=O)[O-])P(=O)([O-])[O-]. The summed E-state index contributed by atoms with van der Waals surface area (Å²) in [4.78, 5) is 34.5. The fourth-order valence-electron chi connectivity index (χ4n) is 2.78. The van der Waals surface area contributed by atoms with Gasteiger partial charge in [-0.15, -0.1) is 13.2 Å². The second kappa shape index (κ2) is 9.96. The Balaban J connectivity index is 2.52. The average Bonchev–Trinajstić information content (AvgIpc) is 2.68. The van der Waals surface area contributed by atoms with Crippen LogP contribution in [-0.2, 0) is 10.7 Å². The summed E-state index contributed by atoms with van der Waals surface area (Å²) in [5.74, 6) is -1.03. The standard InChI is InChI=1S/C20H18ClF3NO7P/c1-3-9-19(10-4-2,33(28,29)30)32-18-12-14(6-7-16(18)25(26)27)31-17-8-5-13(11-15(17)21)20(22,23)24/h3-8,11-12H,1-2,9-10H2,(H2,28,29,30)/p-2. The maximum Gasteiger partial charge on any atom is 0.416 e. The van der Waals surface area contributed by atoms with E-state index in [0.717, 1.165) is 36.4 Å². The molecular weight excluding hydrogens is 490 g/mol. The molecule has 33 heavy (non-hydrogen) atoms. The smallest absolute Gasteiger partial charge is 0.416 e. The zero-order valence-corrected chi connectivity index (χ0v) is 18.4. The van der Waals surface area contributed by atoms with Crippen LogP contribution < -0.4 is 19.3 Å². The molecule has 0 bridgehead atoms. The van der Waals surface area contributed by atoms with E-state index in [1.807, 2.05) is 0 Å². The van der Waals surface area contributed by atoms with Crippen LogP contribution in [0.3, 0.4) is 0 Å². The first-order valence-corrected chi connectivity index (χ1v) is 10.9. The largest absolute Gasteiger partial charge is 0.808 e. The number of benzene rings is 2. The molecule has 0 spiro atoms. The maximum atomic E-state index is 12.8. The van der Waals surface area contributed by atoms with E-state index >= 15 is 0 Å². The zero-order chi connectivity index (χ0) is 25.0. The van der Waals surface area contributed by atoms with Gasteiger partial charge in [0.2, 0.25) is 5.75 Å². The predicted molar refractivity (Wildman–Crippen MR) is 110 cm³/mol. The second-order valence-corrected chi connectivity index (χ2v) is 8.88. The van der Waals surface area contributed by atoms with Gasteiger partial charge in [-0.25, -0.2) is 0 Å². The summed E-state index contributed by atoms with van der Waals surface area (Å²) in [5, 5.41) is 8.57. The van der Waals surface area contributed by atoms with Gasteiger partial charge in [-0.05, 0) is 31.9 Å². The van der Waals surface area contributed by atoms with Crippen LogP contribution in [0.2, 0.25) is 5.02 Å². The molecular formula is C20H16ClF3NO7P-2. The van der Waals surface area contributed by atoms with Crippen molar-refractivity contribution in [2.75, 3.05) is 0 Å². The van der Waals surface area contributed by atoms with Crippen LogP contribution in [-0.4, -0.2) is 10.3 Å². The normalized spacial score (nSPS) is 12.2. The zero-order valence-electron chi connectivity index (χ0n) is 16.7. The van der Waals surface area contributed by atoms with Crippen LogP contribution in [0.25, 0.3) is 0 Å². The first kappa shape index (κ1) is 26.4. The van der Waals surface area contributed by atoms with Crippen LogP contribution in [0, 0.1) is 10.1 Å². The van der Waals surface area contributed by atoms with E-state index in [9.17, 15) is 37.6 Å². The minimum atomic E-state index is -5.52. The molecule has 0 aliphatic heterocycles. The molecule has 0 saturated heterocycles. The van der Waals surface area contributed by atoms with E-state index < -0.39 is 58.9 Å². The lowest BCUT2D eigenvalue weighted by molar-refractivity contribution is -0.386. The van der Waals surface area contributed by atoms with E-state index in [0.29, 0.717) is 12.1 Å². The van der Waals surface area contributed by atoms with E-state index in [4.69, 9.17) is 21.1 Å². The third kappa shape index (κ3) is 6.14. The molecule has 0 radical (unpaired) electrons. The van der Waals surface area contributed by atoms with Crippen molar-refractivity contribution in [3.05, 3.63) is 82.4 Å². The van der Waals surface area contributed by atoms with E-state index in [1.165, 1.54) is 0 Å². The number of alkyl halides is 3. The minimum Gasteiger partial charge on any atom is -0.808 e. The quantitative estimate of drug-likeness (QED) is 0.188. The molecule has 2 aromatic carbocycles. The molecule has 0 saturated carbocycles. The molecule has 0 heterocycles. The molecule has 178 valence electrons. The lowest BCUT2D eigenvalue weighted by Gasteiger charge is -2.48. The lowest BCUT2D eigenvalue weighted by atomic mass is 10.1. The van der Waals surface area contributed by atoms with Crippen molar-refractivity contribution in [2.45, 2.75) is 24.4 Å². The Labute approximate surface area is 191 Å². The van der Waals surface area contributed by atoms with Crippen molar-refractivity contribution in [2.24, 2.45) is 0 Å². The Morgan fingerprint density at radius 3 is 2.12 bits per heavy atom. The monoisotopic (exact) mass is 505 g/mol. The van der Waals surface area contributed by atoms with Crippen LogP contribution in [0.15, 0.2) is 61.7 Å². The van der Waals surface area contributed by atoms with Crippen molar-refractivity contribution in [1.29, 1.82) is 0 Å². The van der Waals surface area contributed by atoms with Gasteiger partial charge in [0, 0.05) is 25.0 Å². The molecule has 0 unspecified atom stereocenters. The number of nitro groups is 1. The number of nitro benzene ring substituents is 1. The number of hydrogen-bond acceptors (Lipinski definition) is 7. The summed E-state index contributed by atoms with van der Waals surface area (Å²) in [5.41, 5.74) is -1.71. The molecule has 0 fully saturated rings. The Kier molecular flexibility index (Phi) is 7.97. The highest BCUT2D eigenvalue weighted by Gasteiger charge is 2.36. The molecule has 0 atom stereocenters. The summed E-state index contributed by atoms with van der Waals surface area (Å²) in [6.45, 7) is 6.76. The van der Waals surface area contributed by atoms with Gasteiger partial charge in [0.15, 0.2) is 0 Å². The fourth-order valence-corrected chi connectivity index (χ4v) is 3.91. The van der Waals surface area contributed by atoms with Crippen molar-refractivity contribution in [3.63, 3.8) is 0 Å². The average molecular weight is 506 g/mol. The van der Waals surface area contributed by atoms with Gasteiger partial charge < -0.3 is 23.8 Å². The lowest BCUT2D eigenvalue weighted by Crippen LogP contribution is -2.43. The number of ether oxygens (including phenoxy) is 2. The van der Waals surface area contributed by atoms with E-state index in [-0.39, 0.29) is 11.5 Å². The molecule has 8 nitrogen and oxygen atoms in total. The van der Waals surface area contributed by atoms with Gasteiger partial charge in [-0.3, -0.25) is 10.1 Å². The van der Waals surface area contributed by atoms with Crippen molar-refractivity contribution in [3.8, 4) is 17.2 Å². The van der Waals surface area contributed by atoms with Crippen molar-refractivity contribution in [1.82, 2.24) is 0 Å². The Morgan fingerprint density at radius 1 is 1.06 bits per heavy atom. The molecule has 0 aliphatic carbocycles. The first-order valence-electron chi connectivity index (χ1n) is 9.00. The third-order valence-electron chi connectivity index (χ3n) is 4.34. The van der Waals surface area contributed by atoms with Gasteiger partial charge in [0.25, 0.3) is 0 Å². The summed E-state index contributed by atoms with van der Waals surface area (Å²) < 4.78 is 61.2. The predicted octanol–water partition coefficient (Wildman–Crippen LogP) is 5.20. The number of halogens is 4. The molecule has 2 rings (SSSR count). The van der Waals surface area contributed by atoms with Crippen LogP contribution in [0.1, 0.15) is 18.4 Å². The number of rotatable bonds is 10. The molecule has 2 aromatic rings. The summed E-state index contributed by atoms with van der Waals surface area (Å²) in [6.07, 6.45) is -3.45. The topological polar surface area (TPSA) is 125 Å². The molecule has 0 aromatic heterocycles. The van der Waals surface area contributed by atoms with Gasteiger partial charge in [-0.2, -0.15) is 13.2 Å². The van der Waals surface area contributed by atoms with Gasteiger partial charge in [-0.1, -0.05) is 23.8 Å². The Morgan fingerprint density at radius 2 is 1.67 bits per heavy atom. The third-order valence-corrected chi connectivity index (χ3v) is 6.09. The minimum absolute atomic E-state index is 0.185. The van der Waals surface area contributed by atoms with Crippen molar-refractivity contribution >= 4 is 24.9 Å². The first-order chi connectivity index (χ1) is 15.2.